The Kier molecular flexibility index (Phi) is 7.31. The summed E-state index contributed by atoms with van der Waals surface area (Å²) in [5.74, 6) is -2.56. The first-order valence-corrected chi connectivity index (χ1v) is 10.7. The molecule has 9 heteroatoms. The number of primary amides is 1. The summed E-state index contributed by atoms with van der Waals surface area (Å²) in [5, 5.41) is 0. The average Bonchev–Trinajstić information content (AvgIpc) is 2.90. The van der Waals surface area contributed by atoms with Crippen molar-refractivity contribution in [2.24, 2.45) is 11.7 Å². The van der Waals surface area contributed by atoms with E-state index in [2.05, 4.69) is 23.5 Å². The minimum atomic E-state index is -5.22. The lowest BCUT2D eigenvalue weighted by molar-refractivity contribution is -0.189. The van der Waals surface area contributed by atoms with Gasteiger partial charge in [-0.1, -0.05) is 26.0 Å². The Hall–Kier alpha value is -3.07. The number of rotatable bonds is 7. The molecule has 2 N–H and O–H groups in total. The van der Waals surface area contributed by atoms with Crippen LogP contribution in [0.3, 0.4) is 0 Å². The molecule has 33 heavy (non-hydrogen) atoms. The van der Waals surface area contributed by atoms with Crippen LogP contribution in [0.15, 0.2) is 30.3 Å². The van der Waals surface area contributed by atoms with Crippen LogP contribution < -0.4 is 15.2 Å². The molecule has 0 saturated heterocycles. The lowest BCUT2D eigenvalue weighted by atomic mass is 9.99. The molecule has 1 aliphatic heterocycles. The number of ether oxygens (including phenoxy) is 2. The van der Waals surface area contributed by atoms with Gasteiger partial charge in [0.15, 0.2) is 5.75 Å². The van der Waals surface area contributed by atoms with Gasteiger partial charge in [-0.3, -0.25) is 4.79 Å². The molecule has 1 aliphatic rings. The molecule has 6 nitrogen and oxygen atoms in total. The molecular formula is C24H27F3N2O4. The number of carbonyl (C=O) groups is 2. The first-order valence-electron chi connectivity index (χ1n) is 10.7. The first-order chi connectivity index (χ1) is 15.5. The second-order valence-corrected chi connectivity index (χ2v) is 8.63. The fraction of sp³-hybridized carbons (Fsp3) is 0.417. The number of nitrogens with two attached hydrogens (primary N) is 1. The third kappa shape index (κ3) is 6.04. The number of benzene rings is 2. The number of carbonyl (C=O) groups excluding carboxylic acids is 2. The molecule has 1 heterocycles. The number of nitrogens with zero attached hydrogens (tertiary/aromatic N) is 1. The number of hydrogen-bond donors (Lipinski definition) is 1. The van der Waals surface area contributed by atoms with Gasteiger partial charge >= 0.3 is 12.1 Å². The van der Waals surface area contributed by atoms with E-state index in [0.717, 1.165) is 30.6 Å². The second kappa shape index (κ2) is 9.82. The highest BCUT2D eigenvalue weighted by Gasteiger charge is 2.42. The maximum absolute atomic E-state index is 12.8. The fourth-order valence-electron chi connectivity index (χ4n) is 3.68. The normalized spacial score (nSPS) is 13.2. The van der Waals surface area contributed by atoms with Crippen LogP contribution in [0.25, 0.3) is 0 Å². The zero-order valence-corrected chi connectivity index (χ0v) is 18.8. The number of hydrogen-bond acceptors (Lipinski definition) is 5. The number of alkyl halides is 3. The van der Waals surface area contributed by atoms with E-state index in [1.165, 1.54) is 12.1 Å². The molecule has 2 aromatic carbocycles. The van der Waals surface area contributed by atoms with E-state index in [9.17, 15) is 22.8 Å². The van der Waals surface area contributed by atoms with Gasteiger partial charge in [-0.25, -0.2) is 4.79 Å². The predicted octanol–water partition coefficient (Wildman–Crippen LogP) is 4.62. The number of amides is 1. The van der Waals surface area contributed by atoms with E-state index in [1.54, 1.807) is 0 Å². The van der Waals surface area contributed by atoms with E-state index in [1.807, 2.05) is 25.2 Å². The topological polar surface area (TPSA) is 81.9 Å². The van der Waals surface area contributed by atoms with E-state index in [-0.39, 0.29) is 23.3 Å². The monoisotopic (exact) mass is 464 g/mol. The maximum atomic E-state index is 12.8. The zero-order valence-electron chi connectivity index (χ0n) is 18.8. The lowest BCUT2D eigenvalue weighted by Crippen LogP contribution is -2.29. The van der Waals surface area contributed by atoms with Crippen LogP contribution in [-0.4, -0.2) is 36.5 Å². The quantitative estimate of drug-likeness (QED) is 0.478. The smallest absolute Gasteiger partial charge is 0.457 e. The summed E-state index contributed by atoms with van der Waals surface area (Å²) in [6.07, 6.45) is -3.51. The van der Waals surface area contributed by atoms with Gasteiger partial charge in [0, 0.05) is 12.1 Å². The summed E-state index contributed by atoms with van der Waals surface area (Å²) in [6, 6.07) is 8.41. The van der Waals surface area contributed by atoms with Crippen molar-refractivity contribution in [3.05, 3.63) is 52.6 Å². The van der Waals surface area contributed by atoms with E-state index < -0.39 is 23.8 Å². The van der Waals surface area contributed by atoms with E-state index >= 15 is 0 Å². The van der Waals surface area contributed by atoms with Gasteiger partial charge in [-0.15, -0.1) is 0 Å². The average molecular weight is 464 g/mol. The van der Waals surface area contributed by atoms with Crippen LogP contribution in [0.4, 0.5) is 13.2 Å². The molecule has 0 fully saturated rings. The van der Waals surface area contributed by atoms with Crippen LogP contribution in [0.1, 0.15) is 47.3 Å². The third-order valence-corrected chi connectivity index (χ3v) is 5.44. The Morgan fingerprint density at radius 1 is 1.15 bits per heavy atom. The van der Waals surface area contributed by atoms with E-state index in [4.69, 9.17) is 10.5 Å². The van der Waals surface area contributed by atoms with Gasteiger partial charge < -0.3 is 20.1 Å². The van der Waals surface area contributed by atoms with Crippen molar-refractivity contribution in [1.29, 1.82) is 0 Å². The summed E-state index contributed by atoms with van der Waals surface area (Å²) in [4.78, 5) is 25.5. The van der Waals surface area contributed by atoms with Gasteiger partial charge in [-0.2, -0.15) is 13.2 Å². The maximum Gasteiger partial charge on any atom is 0.491 e. The van der Waals surface area contributed by atoms with Crippen molar-refractivity contribution in [2.75, 3.05) is 13.6 Å². The van der Waals surface area contributed by atoms with Crippen LogP contribution in [-0.2, 0) is 24.2 Å². The highest BCUT2D eigenvalue weighted by Crippen LogP contribution is 2.41. The molecule has 3 rings (SSSR count). The van der Waals surface area contributed by atoms with Crippen molar-refractivity contribution in [2.45, 2.75) is 45.8 Å². The van der Waals surface area contributed by atoms with Gasteiger partial charge in [0.2, 0.25) is 0 Å². The molecule has 0 bridgehead atoms. The minimum absolute atomic E-state index is 0.190. The van der Waals surface area contributed by atoms with E-state index in [0.29, 0.717) is 18.1 Å². The molecule has 0 unspecified atom stereocenters. The van der Waals surface area contributed by atoms with Crippen molar-refractivity contribution in [3.63, 3.8) is 0 Å². The SMILES string of the molecule is CC(C)CCN(C)Cc1ccc2c(c1)CCc1c(ccc(C(N)=O)c1OC(=O)C(F)(F)F)O2. The highest BCUT2D eigenvalue weighted by atomic mass is 19.4. The largest absolute Gasteiger partial charge is 0.491 e. The molecule has 0 aromatic heterocycles. The molecule has 0 aliphatic carbocycles. The summed E-state index contributed by atoms with van der Waals surface area (Å²) in [5.41, 5.74) is 7.14. The third-order valence-electron chi connectivity index (χ3n) is 5.44. The molecule has 178 valence electrons. The molecule has 0 atom stereocenters. The predicted molar refractivity (Wildman–Crippen MR) is 116 cm³/mol. The van der Waals surface area contributed by atoms with Crippen LogP contribution in [0.2, 0.25) is 0 Å². The molecule has 0 spiro atoms. The van der Waals surface area contributed by atoms with Crippen molar-refractivity contribution in [3.8, 4) is 17.2 Å². The van der Waals surface area contributed by atoms with Gasteiger partial charge in [-0.05, 0) is 68.1 Å². The second-order valence-electron chi connectivity index (χ2n) is 8.63. The Labute approximate surface area is 190 Å². The first kappa shape index (κ1) is 24.6. The Morgan fingerprint density at radius 3 is 2.48 bits per heavy atom. The molecule has 2 aromatic rings. The zero-order chi connectivity index (χ0) is 24.3. The van der Waals surface area contributed by atoms with Crippen molar-refractivity contribution < 1.29 is 32.2 Å². The van der Waals surface area contributed by atoms with Crippen molar-refractivity contribution >= 4 is 11.9 Å². The highest BCUT2D eigenvalue weighted by molar-refractivity contribution is 5.97. The Balaban J connectivity index is 1.88. The Bertz CT molecular complexity index is 1050. The molecule has 1 amide bonds. The Morgan fingerprint density at radius 2 is 1.85 bits per heavy atom. The molecule has 0 saturated carbocycles. The summed E-state index contributed by atoms with van der Waals surface area (Å²) < 4.78 is 49.0. The number of fused-ring (bicyclic) bond motifs is 2. The molecule has 0 radical (unpaired) electrons. The van der Waals surface area contributed by atoms with Crippen molar-refractivity contribution in [1.82, 2.24) is 4.90 Å². The number of halogens is 3. The fourth-order valence-corrected chi connectivity index (χ4v) is 3.68. The van der Waals surface area contributed by atoms with Crippen LogP contribution >= 0.6 is 0 Å². The summed E-state index contributed by atoms with van der Waals surface area (Å²) >= 11 is 0. The summed E-state index contributed by atoms with van der Waals surface area (Å²) in [7, 11) is 2.05. The molecular weight excluding hydrogens is 437 g/mol. The summed E-state index contributed by atoms with van der Waals surface area (Å²) in [6.45, 7) is 6.05. The number of esters is 1. The minimum Gasteiger partial charge on any atom is -0.457 e. The standard InChI is InChI=1S/C24H27F3N2O4/c1-14(2)10-11-29(3)13-15-4-8-19-16(12-15)5-6-17-20(32-19)9-7-18(22(28)30)21(17)33-23(31)24(25,26)27/h4,7-9,12,14H,5-6,10-11,13H2,1-3H3,(H2,28,30). The van der Waals surface area contributed by atoms with Crippen LogP contribution in [0, 0.1) is 5.92 Å². The van der Waals surface area contributed by atoms with Crippen LogP contribution in [0.5, 0.6) is 17.2 Å². The number of aryl methyl sites for hydroxylation is 1. The van der Waals surface area contributed by atoms with Gasteiger partial charge in [0.25, 0.3) is 5.91 Å². The van der Waals surface area contributed by atoms with Gasteiger partial charge in [0.1, 0.15) is 11.5 Å². The lowest BCUT2D eigenvalue weighted by Gasteiger charge is -2.19. The van der Waals surface area contributed by atoms with Gasteiger partial charge in [0.05, 0.1) is 5.56 Å².